The van der Waals surface area contributed by atoms with Gasteiger partial charge in [-0.05, 0) is 49.6 Å². The SMILES string of the molecule is CC(=O)NCCN(c1cccc(C(=O)N2CCN(CCCC3CCCCC3)CC2)c1)c1ncnc2[nH]ccc12. The Hall–Kier alpha value is -3.46. The molecule has 3 heterocycles. The zero-order chi connectivity index (χ0) is 27.0. The van der Waals surface area contributed by atoms with E-state index in [0.717, 1.165) is 61.2 Å². The monoisotopic (exact) mass is 531 g/mol. The zero-order valence-electron chi connectivity index (χ0n) is 23.1. The van der Waals surface area contributed by atoms with Crippen LogP contribution in [0.25, 0.3) is 11.0 Å². The molecule has 2 fully saturated rings. The van der Waals surface area contributed by atoms with Gasteiger partial charge in [0, 0.05) is 63.6 Å². The van der Waals surface area contributed by atoms with Gasteiger partial charge in [0.25, 0.3) is 5.91 Å². The van der Waals surface area contributed by atoms with Crippen molar-refractivity contribution in [1.82, 2.24) is 30.1 Å². The lowest BCUT2D eigenvalue weighted by atomic mass is 9.86. The van der Waals surface area contributed by atoms with Crippen molar-refractivity contribution in [2.45, 2.75) is 51.9 Å². The molecule has 3 aromatic rings. The maximum Gasteiger partial charge on any atom is 0.254 e. The molecule has 2 N–H and O–H groups in total. The van der Waals surface area contributed by atoms with Crippen molar-refractivity contribution >= 4 is 34.4 Å². The summed E-state index contributed by atoms with van der Waals surface area (Å²) in [6, 6.07) is 9.67. The molecule has 1 aliphatic heterocycles. The van der Waals surface area contributed by atoms with Crippen LogP contribution in [0.15, 0.2) is 42.9 Å². The van der Waals surface area contributed by atoms with Gasteiger partial charge in [0.15, 0.2) is 0 Å². The van der Waals surface area contributed by atoms with Crippen LogP contribution >= 0.6 is 0 Å². The molecule has 2 aliphatic rings. The number of benzene rings is 1. The summed E-state index contributed by atoms with van der Waals surface area (Å²) in [6.45, 7) is 7.00. The maximum absolute atomic E-state index is 13.5. The Morgan fingerprint density at radius 1 is 1.08 bits per heavy atom. The predicted octanol–water partition coefficient (Wildman–Crippen LogP) is 4.35. The fourth-order valence-corrected chi connectivity index (χ4v) is 6.02. The third kappa shape index (κ3) is 6.95. The molecule has 0 atom stereocenters. The molecule has 208 valence electrons. The molecule has 1 saturated carbocycles. The molecule has 39 heavy (non-hydrogen) atoms. The number of anilines is 2. The first kappa shape index (κ1) is 27.1. The molecule has 5 rings (SSSR count). The van der Waals surface area contributed by atoms with Gasteiger partial charge < -0.3 is 20.1 Å². The molecule has 1 aliphatic carbocycles. The number of nitrogens with zero attached hydrogens (tertiary/aromatic N) is 5. The molecular formula is C30H41N7O2. The van der Waals surface area contributed by atoms with Crippen LogP contribution < -0.4 is 10.2 Å². The highest BCUT2D eigenvalue weighted by atomic mass is 16.2. The van der Waals surface area contributed by atoms with E-state index in [9.17, 15) is 9.59 Å². The lowest BCUT2D eigenvalue weighted by Crippen LogP contribution is -2.48. The number of amides is 2. The molecule has 0 radical (unpaired) electrons. The van der Waals surface area contributed by atoms with E-state index in [-0.39, 0.29) is 11.8 Å². The second-order valence-corrected chi connectivity index (χ2v) is 10.9. The van der Waals surface area contributed by atoms with Crippen molar-refractivity contribution in [2.24, 2.45) is 5.92 Å². The van der Waals surface area contributed by atoms with Crippen molar-refractivity contribution in [1.29, 1.82) is 0 Å². The largest absolute Gasteiger partial charge is 0.355 e. The molecule has 1 aromatic carbocycles. The minimum absolute atomic E-state index is 0.0648. The van der Waals surface area contributed by atoms with E-state index in [4.69, 9.17) is 0 Å². The van der Waals surface area contributed by atoms with Crippen LogP contribution in [0.3, 0.4) is 0 Å². The van der Waals surface area contributed by atoms with Crippen LogP contribution in [0.4, 0.5) is 11.5 Å². The number of fused-ring (bicyclic) bond motifs is 1. The summed E-state index contributed by atoms with van der Waals surface area (Å²) < 4.78 is 0. The Morgan fingerprint density at radius 2 is 1.90 bits per heavy atom. The Kier molecular flexibility index (Phi) is 9.08. The van der Waals surface area contributed by atoms with Crippen molar-refractivity contribution in [3.8, 4) is 0 Å². The third-order valence-electron chi connectivity index (χ3n) is 8.17. The second-order valence-electron chi connectivity index (χ2n) is 10.9. The van der Waals surface area contributed by atoms with Gasteiger partial charge in [0.05, 0.1) is 5.39 Å². The molecule has 9 nitrogen and oxygen atoms in total. The molecule has 0 spiro atoms. The minimum atomic E-state index is -0.0820. The van der Waals surface area contributed by atoms with Gasteiger partial charge in [-0.15, -0.1) is 0 Å². The van der Waals surface area contributed by atoms with Gasteiger partial charge in [-0.25, -0.2) is 9.97 Å². The zero-order valence-corrected chi connectivity index (χ0v) is 23.1. The Labute approximate surface area is 231 Å². The summed E-state index contributed by atoms with van der Waals surface area (Å²) in [5.74, 6) is 1.65. The number of H-pyrrole nitrogens is 1. The van der Waals surface area contributed by atoms with Gasteiger partial charge in [0.2, 0.25) is 5.91 Å². The molecule has 2 amide bonds. The highest BCUT2D eigenvalue weighted by Gasteiger charge is 2.24. The van der Waals surface area contributed by atoms with Gasteiger partial charge in [-0.2, -0.15) is 0 Å². The van der Waals surface area contributed by atoms with Crippen LogP contribution in [-0.2, 0) is 4.79 Å². The third-order valence-corrected chi connectivity index (χ3v) is 8.17. The van der Waals surface area contributed by atoms with Crippen LogP contribution in [0.2, 0.25) is 0 Å². The quantitative estimate of drug-likeness (QED) is 0.404. The van der Waals surface area contributed by atoms with Crippen LogP contribution in [0, 0.1) is 5.92 Å². The lowest BCUT2D eigenvalue weighted by molar-refractivity contribution is -0.118. The summed E-state index contributed by atoms with van der Waals surface area (Å²) >= 11 is 0. The highest BCUT2D eigenvalue weighted by molar-refractivity contribution is 5.96. The Bertz CT molecular complexity index is 1240. The number of hydrogen-bond donors (Lipinski definition) is 2. The van der Waals surface area contributed by atoms with Crippen molar-refractivity contribution in [3.63, 3.8) is 0 Å². The van der Waals surface area contributed by atoms with Crippen LogP contribution in [0.5, 0.6) is 0 Å². The number of carbonyl (C=O) groups excluding carboxylic acids is 2. The van der Waals surface area contributed by atoms with Gasteiger partial charge in [0.1, 0.15) is 17.8 Å². The number of rotatable bonds is 10. The summed E-state index contributed by atoms with van der Waals surface area (Å²) in [7, 11) is 0. The van der Waals surface area contributed by atoms with E-state index < -0.39 is 0 Å². The standard InChI is InChI=1S/C30H41N7O2/c1-23(38)31-14-16-37(29-27-12-13-32-28(27)33-22-34-29)26-11-5-10-25(21-26)30(39)36-19-17-35(18-20-36)15-6-9-24-7-3-2-4-8-24/h5,10-13,21-22,24H,2-4,6-9,14-20H2,1H3,(H,31,38)(H,32,33,34). The highest BCUT2D eigenvalue weighted by Crippen LogP contribution is 2.30. The molecular weight excluding hydrogens is 490 g/mol. The topological polar surface area (TPSA) is 97.5 Å². The molecule has 2 aromatic heterocycles. The first-order valence-electron chi connectivity index (χ1n) is 14.5. The molecule has 0 bridgehead atoms. The fraction of sp³-hybridized carbons (Fsp3) is 0.533. The number of aromatic amines is 1. The van der Waals surface area contributed by atoms with E-state index in [1.54, 1.807) is 0 Å². The van der Waals surface area contributed by atoms with Gasteiger partial charge in [-0.3, -0.25) is 14.5 Å². The van der Waals surface area contributed by atoms with Crippen LogP contribution in [-0.4, -0.2) is 82.4 Å². The van der Waals surface area contributed by atoms with Gasteiger partial charge in [-0.1, -0.05) is 38.2 Å². The number of nitrogens with one attached hydrogen (secondary N) is 2. The van der Waals surface area contributed by atoms with Crippen molar-refractivity contribution in [2.75, 3.05) is 50.7 Å². The summed E-state index contributed by atoms with van der Waals surface area (Å²) in [6.07, 6.45) is 13.1. The fourth-order valence-electron chi connectivity index (χ4n) is 6.02. The Balaban J connectivity index is 1.23. The first-order chi connectivity index (χ1) is 19.1. The maximum atomic E-state index is 13.5. The number of carbonyl (C=O) groups is 2. The number of piperazine rings is 1. The first-order valence-corrected chi connectivity index (χ1v) is 14.5. The van der Waals surface area contributed by atoms with E-state index in [1.807, 2.05) is 46.3 Å². The molecule has 9 heteroatoms. The summed E-state index contributed by atoms with van der Waals surface area (Å²) in [5.41, 5.74) is 2.27. The van der Waals surface area contributed by atoms with Crippen molar-refractivity contribution < 1.29 is 9.59 Å². The van der Waals surface area contributed by atoms with E-state index in [1.165, 1.54) is 58.2 Å². The predicted molar refractivity (Wildman–Crippen MR) is 154 cm³/mol. The summed E-state index contributed by atoms with van der Waals surface area (Å²) in [5, 5.41) is 3.76. The minimum Gasteiger partial charge on any atom is -0.355 e. The van der Waals surface area contributed by atoms with Crippen molar-refractivity contribution in [3.05, 3.63) is 48.4 Å². The normalized spacial score (nSPS) is 16.9. The van der Waals surface area contributed by atoms with Gasteiger partial charge >= 0.3 is 0 Å². The van der Waals surface area contributed by atoms with E-state index >= 15 is 0 Å². The Morgan fingerprint density at radius 3 is 2.69 bits per heavy atom. The second kappa shape index (κ2) is 13.1. The number of hydrogen-bond acceptors (Lipinski definition) is 6. The average molecular weight is 532 g/mol. The van der Waals surface area contributed by atoms with E-state index in [0.29, 0.717) is 18.7 Å². The lowest BCUT2D eigenvalue weighted by Gasteiger charge is -2.35. The molecule has 0 unspecified atom stereocenters. The van der Waals surface area contributed by atoms with Crippen LogP contribution in [0.1, 0.15) is 62.2 Å². The smallest absolute Gasteiger partial charge is 0.254 e. The number of aromatic nitrogens is 3. The molecule has 1 saturated heterocycles. The summed E-state index contributed by atoms with van der Waals surface area (Å²) in [4.78, 5) is 43.6. The average Bonchev–Trinajstić information content (AvgIpc) is 3.45. The van der Waals surface area contributed by atoms with E-state index in [2.05, 4.69) is 25.2 Å².